The minimum atomic E-state index is 0. The van der Waals surface area contributed by atoms with E-state index in [1.807, 2.05) is 0 Å². The van der Waals surface area contributed by atoms with Gasteiger partial charge in [0.1, 0.15) is 0 Å². The molecule has 1 aliphatic carbocycles. The first-order valence-electron chi connectivity index (χ1n) is 6.01. The summed E-state index contributed by atoms with van der Waals surface area (Å²) in [6.07, 6.45) is 8.74. The van der Waals surface area contributed by atoms with E-state index in [0.29, 0.717) is 5.92 Å². The average molecular weight is 226 g/mol. The molecule has 18 heavy (non-hydrogen) atoms. The zero-order chi connectivity index (χ0) is 11.7. The van der Waals surface area contributed by atoms with Crippen molar-refractivity contribution in [2.45, 2.75) is 12.8 Å². The third kappa shape index (κ3) is 2.41. The Kier molecular flexibility index (Phi) is 4.02. The van der Waals surface area contributed by atoms with E-state index in [1.165, 1.54) is 22.3 Å². The molecular weight excluding hydrogens is 211 g/mol. The van der Waals surface area contributed by atoms with E-state index in [2.05, 4.69) is 73.7 Å². The van der Waals surface area contributed by atoms with Crippen molar-refractivity contribution in [1.82, 2.24) is 0 Å². The van der Waals surface area contributed by atoms with Gasteiger partial charge in [0.05, 0.1) is 0 Å². The average Bonchev–Trinajstić information content (AvgIpc) is 2.61. The van der Waals surface area contributed by atoms with Crippen molar-refractivity contribution in [3.8, 4) is 0 Å². The van der Waals surface area contributed by atoms with Gasteiger partial charge in [-0.25, -0.2) is 0 Å². The fourth-order valence-corrected chi connectivity index (χ4v) is 2.50. The van der Waals surface area contributed by atoms with Crippen molar-refractivity contribution >= 4 is 6.08 Å². The second-order valence-electron chi connectivity index (χ2n) is 4.58. The summed E-state index contributed by atoms with van der Waals surface area (Å²) in [7, 11) is 0. The minimum absolute atomic E-state index is 0. The summed E-state index contributed by atoms with van der Waals surface area (Å²) in [6, 6.07) is 15.2. The van der Waals surface area contributed by atoms with Crippen LogP contribution in [-0.2, 0) is 0 Å². The summed E-state index contributed by atoms with van der Waals surface area (Å²) in [6.45, 7) is 2.16. The maximum atomic E-state index is 2.30. The summed E-state index contributed by atoms with van der Waals surface area (Å²) >= 11 is 0. The molecule has 0 heterocycles. The summed E-state index contributed by atoms with van der Waals surface area (Å²) in [5.74, 6) is 0.384. The fraction of sp³-hybridized carbons (Fsp3) is 0.118. The van der Waals surface area contributed by atoms with Crippen LogP contribution < -0.4 is 18.9 Å². The van der Waals surface area contributed by atoms with Crippen LogP contribution in [0, 0.1) is 6.92 Å². The standard InChI is InChI=1S/C17H15.Li/c1-13-11-15-9-5-6-10-16(17(15)12-13)14-7-3-2-4-8-14;/h2-12,16H,1H3;/q-1;+1. The molecule has 1 unspecified atom stereocenters. The Labute approximate surface area is 121 Å². The van der Waals surface area contributed by atoms with E-state index >= 15 is 0 Å². The van der Waals surface area contributed by atoms with Gasteiger partial charge in [-0.05, 0) is 11.5 Å². The van der Waals surface area contributed by atoms with Gasteiger partial charge in [0.15, 0.2) is 0 Å². The van der Waals surface area contributed by atoms with E-state index in [4.69, 9.17) is 0 Å². The Hall–Kier alpha value is -1.35. The zero-order valence-corrected chi connectivity index (χ0v) is 10.9. The summed E-state index contributed by atoms with van der Waals surface area (Å²) in [4.78, 5) is 0. The van der Waals surface area contributed by atoms with Crippen molar-refractivity contribution in [3.63, 3.8) is 0 Å². The molecular formula is C17H15Li. The van der Waals surface area contributed by atoms with Crippen LogP contribution in [0.2, 0.25) is 0 Å². The van der Waals surface area contributed by atoms with Crippen molar-refractivity contribution in [2.24, 2.45) is 0 Å². The maximum Gasteiger partial charge on any atom is 1.00 e. The van der Waals surface area contributed by atoms with Crippen molar-refractivity contribution < 1.29 is 18.9 Å². The van der Waals surface area contributed by atoms with Gasteiger partial charge in [0.25, 0.3) is 0 Å². The molecule has 84 valence electrons. The number of rotatable bonds is 1. The van der Waals surface area contributed by atoms with Gasteiger partial charge in [0.2, 0.25) is 0 Å². The molecule has 0 nitrogen and oxygen atoms in total. The zero-order valence-electron chi connectivity index (χ0n) is 10.9. The summed E-state index contributed by atoms with van der Waals surface area (Å²) in [5.41, 5.74) is 5.47. The molecule has 0 fully saturated rings. The number of allylic oxidation sites excluding steroid dienone is 3. The van der Waals surface area contributed by atoms with E-state index in [9.17, 15) is 0 Å². The van der Waals surface area contributed by atoms with E-state index in [1.54, 1.807) is 0 Å². The van der Waals surface area contributed by atoms with E-state index in [-0.39, 0.29) is 18.9 Å². The van der Waals surface area contributed by atoms with Crippen LogP contribution >= 0.6 is 0 Å². The number of aryl methyl sites for hydroxylation is 1. The summed E-state index contributed by atoms with van der Waals surface area (Å²) in [5, 5.41) is 0. The smallest absolute Gasteiger partial charge is 0.168 e. The van der Waals surface area contributed by atoms with Gasteiger partial charge < -0.3 is 0 Å². The first-order valence-corrected chi connectivity index (χ1v) is 6.01. The Morgan fingerprint density at radius 1 is 1.06 bits per heavy atom. The molecule has 2 aromatic rings. The molecule has 0 amide bonds. The van der Waals surface area contributed by atoms with E-state index in [0.717, 1.165) is 0 Å². The van der Waals surface area contributed by atoms with Crippen LogP contribution in [0.3, 0.4) is 0 Å². The molecule has 0 saturated heterocycles. The van der Waals surface area contributed by atoms with Crippen molar-refractivity contribution in [3.05, 3.63) is 82.9 Å². The third-order valence-electron chi connectivity index (χ3n) is 3.28. The molecule has 0 radical (unpaired) electrons. The Morgan fingerprint density at radius 3 is 2.61 bits per heavy atom. The molecule has 1 aliphatic rings. The van der Waals surface area contributed by atoms with Crippen LogP contribution in [0.5, 0.6) is 0 Å². The van der Waals surface area contributed by atoms with Crippen LogP contribution in [0.4, 0.5) is 0 Å². The molecule has 0 spiro atoms. The molecule has 1 heteroatoms. The number of hydrogen-bond donors (Lipinski definition) is 0. The molecule has 1 atom stereocenters. The normalized spacial score (nSPS) is 16.8. The van der Waals surface area contributed by atoms with E-state index < -0.39 is 0 Å². The van der Waals surface area contributed by atoms with Crippen LogP contribution in [-0.4, -0.2) is 0 Å². The third-order valence-corrected chi connectivity index (χ3v) is 3.28. The topological polar surface area (TPSA) is 0 Å². The number of benzene rings is 1. The molecule has 0 N–H and O–H groups in total. The predicted molar refractivity (Wildman–Crippen MR) is 73.2 cm³/mol. The monoisotopic (exact) mass is 226 g/mol. The second kappa shape index (κ2) is 5.53. The quantitative estimate of drug-likeness (QED) is 0.510. The SMILES string of the molecule is Cc1cc2c([cH-]1)C=CC=CC2c1ccccc1.[Li+]. The summed E-state index contributed by atoms with van der Waals surface area (Å²) < 4.78 is 0. The fourth-order valence-electron chi connectivity index (χ4n) is 2.50. The van der Waals surface area contributed by atoms with Crippen LogP contribution in [0.25, 0.3) is 6.08 Å². The molecule has 3 rings (SSSR count). The Bertz CT molecular complexity index is 573. The molecule has 0 bridgehead atoms. The van der Waals surface area contributed by atoms with Gasteiger partial charge in [0, 0.05) is 0 Å². The van der Waals surface area contributed by atoms with Gasteiger partial charge in [-0.1, -0.05) is 49.4 Å². The molecule has 0 aliphatic heterocycles. The molecule has 2 aromatic carbocycles. The van der Waals surface area contributed by atoms with Crippen LogP contribution in [0.15, 0.2) is 60.7 Å². The first kappa shape index (κ1) is 13.1. The minimum Gasteiger partial charge on any atom is -0.168 e. The molecule has 0 saturated carbocycles. The van der Waals surface area contributed by atoms with Crippen molar-refractivity contribution in [1.29, 1.82) is 0 Å². The molecule has 0 aromatic heterocycles. The maximum absolute atomic E-state index is 2.30. The van der Waals surface area contributed by atoms with Gasteiger partial charge in [-0.2, -0.15) is 17.2 Å². The van der Waals surface area contributed by atoms with Gasteiger partial charge in [-0.15, -0.1) is 23.8 Å². The second-order valence-corrected chi connectivity index (χ2v) is 4.58. The Balaban J connectivity index is 0.00000120. The van der Waals surface area contributed by atoms with Gasteiger partial charge >= 0.3 is 18.9 Å². The number of fused-ring (bicyclic) bond motifs is 1. The van der Waals surface area contributed by atoms with Crippen molar-refractivity contribution in [2.75, 3.05) is 0 Å². The van der Waals surface area contributed by atoms with Gasteiger partial charge in [-0.3, -0.25) is 0 Å². The van der Waals surface area contributed by atoms with Crippen LogP contribution in [0.1, 0.15) is 28.2 Å². The first-order chi connectivity index (χ1) is 8.34. The predicted octanol–water partition coefficient (Wildman–Crippen LogP) is 1.43. The Morgan fingerprint density at radius 2 is 1.83 bits per heavy atom. The number of hydrogen-bond acceptors (Lipinski definition) is 0. The largest absolute Gasteiger partial charge is 1.00 e.